The fourth-order valence-electron chi connectivity index (χ4n) is 1.73. The van der Waals surface area contributed by atoms with Crippen LogP contribution in [0.3, 0.4) is 0 Å². The van der Waals surface area contributed by atoms with Crippen LogP contribution in [0.15, 0.2) is 24.3 Å². The van der Waals surface area contributed by atoms with E-state index in [1.165, 1.54) is 12.1 Å². The van der Waals surface area contributed by atoms with Crippen LogP contribution in [-0.4, -0.2) is 34.5 Å². The zero-order valence-electron chi connectivity index (χ0n) is 12.7. The van der Waals surface area contributed by atoms with E-state index in [2.05, 4.69) is 5.32 Å². The molecule has 6 nitrogen and oxygen atoms in total. The van der Waals surface area contributed by atoms with E-state index in [0.29, 0.717) is 18.5 Å². The van der Waals surface area contributed by atoms with Crippen LogP contribution in [0, 0.1) is 0 Å². The zero-order valence-corrected chi connectivity index (χ0v) is 12.7. The number of benzene rings is 1. The molecule has 0 aliphatic heterocycles. The summed E-state index contributed by atoms with van der Waals surface area (Å²) in [6, 6.07) is 5.68. The highest BCUT2D eigenvalue weighted by molar-refractivity contribution is 5.67. The molecule has 0 spiro atoms. The van der Waals surface area contributed by atoms with E-state index in [9.17, 15) is 15.0 Å². The van der Waals surface area contributed by atoms with Crippen molar-refractivity contribution in [1.82, 2.24) is 5.32 Å². The predicted molar refractivity (Wildman–Crippen MR) is 79.9 cm³/mol. The van der Waals surface area contributed by atoms with Gasteiger partial charge in [-0.3, -0.25) is 0 Å². The average molecular weight is 296 g/mol. The van der Waals surface area contributed by atoms with Crippen LogP contribution >= 0.6 is 0 Å². The van der Waals surface area contributed by atoms with Crippen LogP contribution in [-0.2, 0) is 4.74 Å². The molecular weight excluding hydrogens is 272 g/mol. The van der Waals surface area contributed by atoms with Gasteiger partial charge in [0.15, 0.2) is 0 Å². The minimum absolute atomic E-state index is 0.131. The fourth-order valence-corrected chi connectivity index (χ4v) is 1.73. The van der Waals surface area contributed by atoms with Crippen LogP contribution in [0.1, 0.15) is 38.9 Å². The number of hydrogen-bond donors (Lipinski definition) is 4. The number of amides is 1. The van der Waals surface area contributed by atoms with Crippen LogP contribution in [0.4, 0.5) is 4.79 Å². The highest BCUT2D eigenvalue weighted by Gasteiger charge is 2.19. The molecule has 0 aliphatic carbocycles. The maximum absolute atomic E-state index is 11.5. The molecule has 1 aromatic rings. The number of hydrogen-bond acceptors (Lipinski definition) is 5. The second-order valence-electron chi connectivity index (χ2n) is 5.92. The first-order valence-corrected chi connectivity index (χ1v) is 6.88. The van der Waals surface area contributed by atoms with E-state index in [4.69, 9.17) is 10.5 Å². The molecule has 118 valence electrons. The van der Waals surface area contributed by atoms with Crippen LogP contribution in [0.5, 0.6) is 5.75 Å². The Bertz CT molecular complexity index is 454. The van der Waals surface area contributed by atoms with Gasteiger partial charge in [0.25, 0.3) is 0 Å². The second kappa shape index (κ2) is 7.28. The van der Waals surface area contributed by atoms with Crippen molar-refractivity contribution in [3.8, 4) is 5.75 Å². The van der Waals surface area contributed by atoms with Crippen molar-refractivity contribution >= 4 is 6.09 Å². The van der Waals surface area contributed by atoms with Crippen molar-refractivity contribution in [1.29, 1.82) is 0 Å². The lowest BCUT2D eigenvalue weighted by Gasteiger charge is -2.21. The van der Waals surface area contributed by atoms with Gasteiger partial charge >= 0.3 is 6.09 Å². The first kappa shape index (κ1) is 17.3. The number of aromatic hydroxyl groups is 1. The van der Waals surface area contributed by atoms with Gasteiger partial charge in [0, 0.05) is 12.6 Å². The van der Waals surface area contributed by atoms with Gasteiger partial charge in [0.2, 0.25) is 0 Å². The molecule has 0 bridgehead atoms. The summed E-state index contributed by atoms with van der Waals surface area (Å²) >= 11 is 0. The lowest BCUT2D eigenvalue weighted by molar-refractivity contribution is 0.0521. The first-order valence-electron chi connectivity index (χ1n) is 6.88. The summed E-state index contributed by atoms with van der Waals surface area (Å²) in [7, 11) is 0. The number of carbonyl (C=O) groups excluding carboxylic acids is 1. The minimum atomic E-state index is -0.856. The van der Waals surface area contributed by atoms with Crippen molar-refractivity contribution in [2.24, 2.45) is 5.73 Å². The number of rotatable bonds is 5. The maximum atomic E-state index is 11.5. The Morgan fingerprint density at radius 2 is 1.90 bits per heavy atom. The quantitative estimate of drug-likeness (QED) is 0.661. The van der Waals surface area contributed by atoms with E-state index in [0.717, 1.165) is 0 Å². The highest BCUT2D eigenvalue weighted by atomic mass is 16.6. The summed E-state index contributed by atoms with van der Waals surface area (Å²) in [6.07, 6.45) is -0.957. The summed E-state index contributed by atoms with van der Waals surface area (Å²) in [6.45, 7) is 5.66. The molecule has 0 saturated carbocycles. The smallest absolute Gasteiger partial charge is 0.407 e. The molecule has 0 fully saturated rings. The number of alkyl carbamates (subject to hydrolysis) is 1. The monoisotopic (exact) mass is 296 g/mol. The zero-order chi connectivity index (χ0) is 16.0. The molecular formula is C15H24N2O4. The van der Waals surface area contributed by atoms with Crippen molar-refractivity contribution in [2.45, 2.75) is 44.9 Å². The summed E-state index contributed by atoms with van der Waals surface area (Å²) in [5.74, 6) is 0.131. The average Bonchev–Trinajstić information content (AvgIpc) is 2.36. The third kappa shape index (κ3) is 6.46. The molecule has 2 atom stereocenters. The van der Waals surface area contributed by atoms with Gasteiger partial charge in [-0.2, -0.15) is 0 Å². The number of ether oxygens (including phenoxy) is 1. The molecule has 1 aromatic carbocycles. The van der Waals surface area contributed by atoms with Crippen molar-refractivity contribution in [2.75, 3.05) is 6.54 Å². The van der Waals surface area contributed by atoms with Crippen LogP contribution in [0.2, 0.25) is 0 Å². The standard InChI is InChI=1S/C15H24N2O4/c1-15(2,3)21-14(20)17-9-8-12(16)13(19)10-4-6-11(18)7-5-10/h4-7,12-13,18-19H,8-9,16H2,1-3H3,(H,17,20). The molecule has 2 unspecified atom stereocenters. The van der Waals surface area contributed by atoms with Gasteiger partial charge in [0.05, 0.1) is 6.10 Å². The Balaban J connectivity index is 2.38. The van der Waals surface area contributed by atoms with E-state index < -0.39 is 23.8 Å². The van der Waals surface area contributed by atoms with Crippen molar-refractivity contribution in [3.05, 3.63) is 29.8 Å². The molecule has 1 rings (SSSR count). The molecule has 0 aromatic heterocycles. The SMILES string of the molecule is CC(C)(C)OC(=O)NCCC(N)C(O)c1ccc(O)cc1. The largest absolute Gasteiger partial charge is 0.508 e. The lowest BCUT2D eigenvalue weighted by atomic mass is 10.0. The van der Waals surface area contributed by atoms with Gasteiger partial charge in [-0.05, 0) is 44.9 Å². The third-order valence-electron chi connectivity index (χ3n) is 2.79. The number of aliphatic hydroxyl groups is 1. The Labute approximate surface area is 124 Å². The first-order chi connectivity index (χ1) is 9.69. The van der Waals surface area contributed by atoms with Gasteiger partial charge in [-0.25, -0.2) is 4.79 Å². The van der Waals surface area contributed by atoms with E-state index in [-0.39, 0.29) is 5.75 Å². The van der Waals surface area contributed by atoms with Gasteiger partial charge in [-0.15, -0.1) is 0 Å². The third-order valence-corrected chi connectivity index (χ3v) is 2.79. The molecule has 0 radical (unpaired) electrons. The molecule has 5 N–H and O–H groups in total. The van der Waals surface area contributed by atoms with Crippen LogP contribution in [0.25, 0.3) is 0 Å². The minimum Gasteiger partial charge on any atom is -0.508 e. The number of phenolic OH excluding ortho intramolecular Hbond substituents is 1. The molecule has 1 amide bonds. The summed E-state index contributed by atoms with van der Waals surface area (Å²) < 4.78 is 5.10. The highest BCUT2D eigenvalue weighted by Crippen LogP contribution is 2.20. The molecule has 6 heteroatoms. The summed E-state index contributed by atoms with van der Waals surface area (Å²) in [5, 5.41) is 21.9. The Morgan fingerprint density at radius 1 is 1.33 bits per heavy atom. The van der Waals surface area contributed by atoms with Crippen molar-refractivity contribution < 1.29 is 19.7 Å². The fraction of sp³-hybridized carbons (Fsp3) is 0.533. The Morgan fingerprint density at radius 3 is 2.43 bits per heavy atom. The predicted octanol–water partition coefficient (Wildman–Crippen LogP) is 1.67. The van der Waals surface area contributed by atoms with E-state index >= 15 is 0 Å². The molecule has 0 aliphatic rings. The number of nitrogens with two attached hydrogens (primary N) is 1. The Kier molecular flexibility index (Phi) is 5.99. The van der Waals surface area contributed by atoms with Gasteiger partial charge < -0.3 is 26.0 Å². The Hall–Kier alpha value is -1.79. The normalized spacial score (nSPS) is 14.3. The summed E-state index contributed by atoms with van der Waals surface area (Å²) in [4.78, 5) is 11.5. The second-order valence-corrected chi connectivity index (χ2v) is 5.92. The molecule has 21 heavy (non-hydrogen) atoms. The van der Waals surface area contributed by atoms with E-state index in [1.54, 1.807) is 32.9 Å². The maximum Gasteiger partial charge on any atom is 0.407 e. The topological polar surface area (TPSA) is 105 Å². The van der Waals surface area contributed by atoms with Gasteiger partial charge in [-0.1, -0.05) is 12.1 Å². The number of aliphatic hydroxyl groups excluding tert-OH is 1. The number of carbonyl (C=O) groups is 1. The number of nitrogens with one attached hydrogen (secondary N) is 1. The molecule has 0 saturated heterocycles. The number of phenols is 1. The molecule has 0 heterocycles. The van der Waals surface area contributed by atoms with Gasteiger partial charge in [0.1, 0.15) is 11.4 Å². The van der Waals surface area contributed by atoms with Crippen molar-refractivity contribution in [3.63, 3.8) is 0 Å². The van der Waals surface area contributed by atoms with E-state index in [1.807, 2.05) is 0 Å². The summed E-state index contributed by atoms with van der Waals surface area (Å²) in [5.41, 5.74) is 5.97. The van der Waals surface area contributed by atoms with Crippen LogP contribution < -0.4 is 11.1 Å². The lowest BCUT2D eigenvalue weighted by Crippen LogP contribution is -2.37.